The van der Waals surface area contributed by atoms with Crippen LogP contribution < -0.4 is 5.73 Å². The number of nitrogens with zero attached hydrogens (tertiary/aromatic N) is 1. The van der Waals surface area contributed by atoms with Gasteiger partial charge in [0.1, 0.15) is 3.70 Å². The molecular weight excluding hydrogens is 262 g/mol. The van der Waals surface area contributed by atoms with Crippen LogP contribution in [-0.4, -0.2) is 10.9 Å². The van der Waals surface area contributed by atoms with E-state index in [0.29, 0.717) is 3.70 Å². The minimum Gasteiger partial charge on any atom is -0.366 e. The second-order valence-electron chi connectivity index (χ2n) is 1.85. The third-order valence-electron chi connectivity index (χ3n) is 1.09. The van der Waals surface area contributed by atoms with Crippen LogP contribution in [0, 0.1) is 9.52 Å². The van der Waals surface area contributed by atoms with E-state index in [1.807, 2.05) is 22.6 Å². The molecule has 0 radical (unpaired) electrons. The van der Waals surface area contributed by atoms with E-state index < -0.39 is 11.7 Å². The van der Waals surface area contributed by atoms with Crippen molar-refractivity contribution < 1.29 is 9.18 Å². The largest absolute Gasteiger partial charge is 0.366 e. The average molecular weight is 266 g/mol. The molecule has 1 rings (SSSR count). The van der Waals surface area contributed by atoms with E-state index in [1.165, 1.54) is 6.07 Å². The third-order valence-corrected chi connectivity index (χ3v) is 1.68. The zero-order valence-electron chi connectivity index (χ0n) is 5.34. The van der Waals surface area contributed by atoms with Crippen LogP contribution in [0.25, 0.3) is 0 Å². The molecule has 0 aliphatic carbocycles. The predicted octanol–water partition coefficient (Wildman–Crippen LogP) is 0.924. The number of primary amides is 1. The van der Waals surface area contributed by atoms with E-state index in [4.69, 9.17) is 5.73 Å². The molecule has 0 aliphatic rings. The Morgan fingerprint density at radius 1 is 1.73 bits per heavy atom. The van der Waals surface area contributed by atoms with E-state index >= 15 is 0 Å². The van der Waals surface area contributed by atoms with Crippen LogP contribution in [0.5, 0.6) is 0 Å². The standard InChI is InChI=1S/C6H4FIN2O/c7-4-2-10-5(8)1-3(4)6(9)11/h1-2H,(H2,9,11). The highest BCUT2D eigenvalue weighted by Gasteiger charge is 2.07. The molecule has 1 amide bonds. The lowest BCUT2D eigenvalue weighted by Gasteiger charge is -1.96. The van der Waals surface area contributed by atoms with Crippen LogP contribution >= 0.6 is 22.6 Å². The summed E-state index contributed by atoms with van der Waals surface area (Å²) in [6.07, 6.45) is 0.974. The Morgan fingerprint density at radius 2 is 2.36 bits per heavy atom. The first kappa shape index (κ1) is 8.38. The van der Waals surface area contributed by atoms with E-state index in [2.05, 4.69) is 4.98 Å². The summed E-state index contributed by atoms with van der Waals surface area (Å²) in [7, 11) is 0. The summed E-state index contributed by atoms with van der Waals surface area (Å²) in [4.78, 5) is 14.2. The number of carbonyl (C=O) groups excluding carboxylic acids is 1. The van der Waals surface area contributed by atoms with Gasteiger partial charge in [0.2, 0.25) is 0 Å². The molecule has 0 saturated heterocycles. The fraction of sp³-hybridized carbons (Fsp3) is 0. The van der Waals surface area contributed by atoms with Gasteiger partial charge in [0.25, 0.3) is 5.91 Å². The maximum Gasteiger partial charge on any atom is 0.251 e. The molecule has 1 aromatic heterocycles. The van der Waals surface area contributed by atoms with Crippen molar-refractivity contribution in [1.82, 2.24) is 4.98 Å². The number of halogens is 2. The fourth-order valence-electron chi connectivity index (χ4n) is 0.602. The molecule has 11 heavy (non-hydrogen) atoms. The first-order chi connectivity index (χ1) is 5.11. The highest BCUT2D eigenvalue weighted by atomic mass is 127. The Bertz CT molecular complexity index is 303. The normalized spacial score (nSPS) is 9.64. The second kappa shape index (κ2) is 3.12. The van der Waals surface area contributed by atoms with Crippen LogP contribution in [0.15, 0.2) is 12.3 Å². The van der Waals surface area contributed by atoms with Crippen LogP contribution in [0.2, 0.25) is 0 Å². The smallest absolute Gasteiger partial charge is 0.251 e. The lowest BCUT2D eigenvalue weighted by atomic mass is 10.2. The first-order valence-electron chi connectivity index (χ1n) is 2.72. The van der Waals surface area contributed by atoms with Gasteiger partial charge in [-0.2, -0.15) is 0 Å². The SMILES string of the molecule is NC(=O)c1cc(I)ncc1F. The van der Waals surface area contributed by atoms with Crippen molar-refractivity contribution in [2.45, 2.75) is 0 Å². The highest BCUT2D eigenvalue weighted by Crippen LogP contribution is 2.08. The number of hydrogen-bond donors (Lipinski definition) is 1. The Morgan fingerprint density at radius 3 is 2.82 bits per heavy atom. The average Bonchev–Trinajstić information content (AvgIpc) is 1.94. The molecule has 0 unspecified atom stereocenters. The first-order valence-corrected chi connectivity index (χ1v) is 3.80. The van der Waals surface area contributed by atoms with Crippen LogP contribution in [-0.2, 0) is 0 Å². The molecule has 0 fully saturated rings. The number of aromatic nitrogens is 1. The molecule has 2 N–H and O–H groups in total. The number of nitrogens with two attached hydrogens (primary N) is 1. The highest BCUT2D eigenvalue weighted by molar-refractivity contribution is 14.1. The quantitative estimate of drug-likeness (QED) is 0.607. The molecule has 1 heterocycles. The molecule has 0 bridgehead atoms. The molecule has 0 saturated carbocycles. The zero-order chi connectivity index (χ0) is 8.43. The van der Waals surface area contributed by atoms with Crippen molar-refractivity contribution >= 4 is 28.5 Å². The maximum absolute atomic E-state index is 12.7. The van der Waals surface area contributed by atoms with Crippen molar-refractivity contribution in [1.29, 1.82) is 0 Å². The number of hydrogen-bond acceptors (Lipinski definition) is 2. The summed E-state index contributed by atoms with van der Waals surface area (Å²) in [6.45, 7) is 0. The molecular formula is C6H4FIN2O. The second-order valence-corrected chi connectivity index (χ2v) is 2.96. The minimum absolute atomic E-state index is 0.121. The summed E-state index contributed by atoms with van der Waals surface area (Å²) in [5, 5.41) is 0. The molecule has 0 aromatic carbocycles. The van der Waals surface area contributed by atoms with Gasteiger partial charge in [-0.3, -0.25) is 4.79 Å². The van der Waals surface area contributed by atoms with Gasteiger partial charge >= 0.3 is 0 Å². The zero-order valence-corrected chi connectivity index (χ0v) is 7.50. The lowest BCUT2D eigenvalue weighted by Crippen LogP contribution is -2.13. The minimum atomic E-state index is -0.775. The van der Waals surface area contributed by atoms with Crippen LogP contribution in [0.4, 0.5) is 4.39 Å². The van der Waals surface area contributed by atoms with E-state index in [1.54, 1.807) is 0 Å². The van der Waals surface area contributed by atoms with E-state index in [9.17, 15) is 9.18 Å². The number of rotatable bonds is 1. The molecule has 0 spiro atoms. The van der Waals surface area contributed by atoms with Gasteiger partial charge in [-0.05, 0) is 28.7 Å². The molecule has 3 nitrogen and oxygen atoms in total. The summed E-state index contributed by atoms with van der Waals surface area (Å²) in [5.74, 6) is -1.46. The van der Waals surface area contributed by atoms with Gasteiger partial charge in [-0.15, -0.1) is 0 Å². The van der Waals surface area contributed by atoms with Crippen LogP contribution in [0.1, 0.15) is 10.4 Å². The molecule has 0 atom stereocenters. The van der Waals surface area contributed by atoms with Crippen molar-refractivity contribution in [3.8, 4) is 0 Å². The van der Waals surface area contributed by atoms with Crippen LogP contribution in [0.3, 0.4) is 0 Å². The lowest BCUT2D eigenvalue weighted by molar-refractivity contribution is 0.0996. The van der Waals surface area contributed by atoms with Gasteiger partial charge in [0, 0.05) is 0 Å². The summed E-state index contributed by atoms with van der Waals surface area (Å²) in [6, 6.07) is 1.30. The Balaban J connectivity index is 3.23. The predicted molar refractivity (Wildman–Crippen MR) is 45.4 cm³/mol. The molecule has 5 heteroatoms. The van der Waals surface area contributed by atoms with Crippen molar-refractivity contribution in [2.24, 2.45) is 5.73 Å². The summed E-state index contributed by atoms with van der Waals surface area (Å²) < 4.78 is 13.2. The maximum atomic E-state index is 12.7. The Hall–Kier alpha value is -0.720. The molecule has 58 valence electrons. The van der Waals surface area contributed by atoms with Gasteiger partial charge in [0.15, 0.2) is 5.82 Å². The topological polar surface area (TPSA) is 56.0 Å². The monoisotopic (exact) mass is 266 g/mol. The number of pyridine rings is 1. The Kier molecular flexibility index (Phi) is 2.38. The van der Waals surface area contributed by atoms with E-state index in [-0.39, 0.29) is 5.56 Å². The summed E-state index contributed by atoms with van der Waals surface area (Å²) >= 11 is 1.87. The van der Waals surface area contributed by atoms with Gasteiger partial charge in [-0.25, -0.2) is 9.37 Å². The van der Waals surface area contributed by atoms with Gasteiger partial charge < -0.3 is 5.73 Å². The third kappa shape index (κ3) is 1.86. The van der Waals surface area contributed by atoms with E-state index in [0.717, 1.165) is 6.20 Å². The fourth-order valence-corrected chi connectivity index (χ4v) is 1.05. The Labute approximate surface area is 75.9 Å². The number of carbonyl (C=O) groups is 1. The van der Waals surface area contributed by atoms with Gasteiger partial charge in [0.05, 0.1) is 11.8 Å². The van der Waals surface area contributed by atoms with Gasteiger partial charge in [-0.1, -0.05) is 0 Å². The van der Waals surface area contributed by atoms with Crippen molar-refractivity contribution in [3.05, 3.63) is 27.3 Å². The molecule has 0 aliphatic heterocycles. The van der Waals surface area contributed by atoms with Crippen molar-refractivity contribution in [2.75, 3.05) is 0 Å². The van der Waals surface area contributed by atoms with Crippen molar-refractivity contribution in [3.63, 3.8) is 0 Å². The number of amides is 1. The molecule has 1 aromatic rings. The summed E-state index contributed by atoms with van der Waals surface area (Å²) in [5.41, 5.74) is 4.75.